The van der Waals surface area contributed by atoms with Gasteiger partial charge in [0.1, 0.15) is 11.6 Å². The van der Waals surface area contributed by atoms with E-state index in [0.717, 1.165) is 5.56 Å². The molecule has 0 spiro atoms. The Hall–Kier alpha value is -2.47. The van der Waals surface area contributed by atoms with Crippen LogP contribution in [-0.4, -0.2) is 12.6 Å². The molecule has 0 bridgehead atoms. The fraction of sp³-hybridized carbons (Fsp3) is 0.188. The molecule has 116 valence electrons. The molecule has 4 nitrogen and oxygen atoms in total. The molecule has 2 N–H and O–H groups in total. The number of carbonyl (C=O) groups excluding carboxylic acids is 1. The van der Waals surface area contributed by atoms with Crippen LogP contribution in [0.1, 0.15) is 11.1 Å². The largest absolute Gasteiger partial charge is 0.338 e. The van der Waals surface area contributed by atoms with E-state index in [1.807, 2.05) is 30.3 Å². The van der Waals surface area contributed by atoms with Crippen LogP contribution >= 0.6 is 0 Å². The van der Waals surface area contributed by atoms with Gasteiger partial charge in [-0.1, -0.05) is 36.4 Å². The van der Waals surface area contributed by atoms with Gasteiger partial charge in [-0.15, -0.1) is 0 Å². The minimum atomic E-state index is -0.623. The first-order chi connectivity index (χ1) is 10.7. The molecule has 0 radical (unpaired) electrons. The van der Waals surface area contributed by atoms with Crippen molar-refractivity contribution in [3.63, 3.8) is 0 Å². The molecule has 0 saturated heterocycles. The number of hydrogen-bond donors (Lipinski definition) is 2. The number of nitrogens with one attached hydrogen (secondary N) is 2. The van der Waals surface area contributed by atoms with Crippen LogP contribution < -0.4 is 10.8 Å². The Morgan fingerprint density at radius 3 is 2.36 bits per heavy atom. The summed E-state index contributed by atoms with van der Waals surface area (Å²) >= 11 is 0. The topological polar surface area (TPSA) is 50.4 Å². The third-order valence-electron chi connectivity index (χ3n) is 2.97. The molecule has 0 aliphatic heterocycles. The second kappa shape index (κ2) is 8.09. The van der Waals surface area contributed by atoms with Crippen molar-refractivity contribution in [1.82, 2.24) is 10.8 Å². The molecule has 0 unspecified atom stereocenters. The molecule has 0 aliphatic carbocycles. The highest BCUT2D eigenvalue weighted by atomic mass is 19.1. The summed E-state index contributed by atoms with van der Waals surface area (Å²) in [6.07, 6.45) is 0.0601. The molecule has 0 atom stereocenters. The molecule has 2 rings (SSSR count). The van der Waals surface area contributed by atoms with Gasteiger partial charge in [-0.25, -0.2) is 19.1 Å². The zero-order valence-electron chi connectivity index (χ0n) is 11.8. The molecule has 0 fully saturated rings. The number of hydrogen-bond acceptors (Lipinski definition) is 2. The standard InChI is InChI=1S/C16H16F2N2O2/c17-14-7-4-8-15(18)13(14)9-10-19-16(21)20-22-11-12-5-2-1-3-6-12/h1-8H,9-11H2,(H2,19,20,21). The summed E-state index contributed by atoms with van der Waals surface area (Å²) in [5.41, 5.74) is 3.07. The lowest BCUT2D eigenvalue weighted by atomic mass is 10.1. The second-order valence-electron chi connectivity index (χ2n) is 4.58. The monoisotopic (exact) mass is 306 g/mol. The lowest BCUT2D eigenvalue weighted by Crippen LogP contribution is -2.36. The Kier molecular flexibility index (Phi) is 5.85. The van der Waals surface area contributed by atoms with Crippen LogP contribution in [0.2, 0.25) is 0 Å². The van der Waals surface area contributed by atoms with Gasteiger partial charge in [0, 0.05) is 12.1 Å². The van der Waals surface area contributed by atoms with Gasteiger partial charge in [0.2, 0.25) is 0 Å². The molecular weight excluding hydrogens is 290 g/mol. The highest BCUT2D eigenvalue weighted by Crippen LogP contribution is 2.11. The van der Waals surface area contributed by atoms with E-state index in [1.165, 1.54) is 18.2 Å². The predicted octanol–water partition coefficient (Wildman–Crippen LogP) is 2.94. The van der Waals surface area contributed by atoms with Crippen LogP contribution in [0.4, 0.5) is 13.6 Å². The maximum Gasteiger partial charge on any atom is 0.338 e. The summed E-state index contributed by atoms with van der Waals surface area (Å²) < 4.78 is 26.7. The van der Waals surface area contributed by atoms with Crippen LogP contribution in [0.3, 0.4) is 0 Å². The SMILES string of the molecule is O=C(NCCc1c(F)cccc1F)NOCc1ccccc1. The highest BCUT2D eigenvalue weighted by Gasteiger charge is 2.08. The predicted molar refractivity (Wildman–Crippen MR) is 77.8 cm³/mol. The van der Waals surface area contributed by atoms with Gasteiger partial charge >= 0.3 is 6.03 Å². The van der Waals surface area contributed by atoms with E-state index in [-0.39, 0.29) is 25.1 Å². The molecule has 0 aliphatic rings. The third-order valence-corrected chi connectivity index (χ3v) is 2.97. The van der Waals surface area contributed by atoms with E-state index in [1.54, 1.807) is 0 Å². The maximum atomic E-state index is 13.4. The van der Waals surface area contributed by atoms with Crippen molar-refractivity contribution in [1.29, 1.82) is 0 Å². The molecule has 2 aromatic carbocycles. The minimum absolute atomic E-state index is 0.0481. The molecule has 2 aromatic rings. The van der Waals surface area contributed by atoms with Crippen molar-refractivity contribution in [3.05, 3.63) is 71.3 Å². The van der Waals surface area contributed by atoms with Crippen LogP contribution in [-0.2, 0) is 17.9 Å². The first kappa shape index (κ1) is 15.9. The van der Waals surface area contributed by atoms with Crippen molar-refractivity contribution < 1.29 is 18.4 Å². The molecule has 22 heavy (non-hydrogen) atoms. The fourth-order valence-corrected chi connectivity index (χ4v) is 1.87. The van der Waals surface area contributed by atoms with Crippen LogP contribution in [0.25, 0.3) is 0 Å². The van der Waals surface area contributed by atoms with Gasteiger partial charge in [-0.2, -0.15) is 0 Å². The van der Waals surface area contributed by atoms with E-state index in [2.05, 4.69) is 10.8 Å². The third kappa shape index (κ3) is 4.82. The first-order valence-electron chi connectivity index (χ1n) is 6.79. The Labute approximate surface area is 127 Å². The van der Waals surface area contributed by atoms with E-state index in [0.29, 0.717) is 0 Å². The second-order valence-corrected chi connectivity index (χ2v) is 4.58. The normalized spacial score (nSPS) is 10.3. The zero-order valence-corrected chi connectivity index (χ0v) is 11.8. The molecule has 6 heteroatoms. The van der Waals surface area contributed by atoms with Gasteiger partial charge in [0.05, 0.1) is 6.61 Å². The number of amides is 2. The van der Waals surface area contributed by atoms with Crippen molar-refractivity contribution in [2.45, 2.75) is 13.0 Å². The van der Waals surface area contributed by atoms with Gasteiger partial charge in [-0.3, -0.25) is 4.84 Å². The summed E-state index contributed by atoms with van der Waals surface area (Å²) in [6.45, 7) is 0.328. The van der Waals surface area contributed by atoms with Crippen LogP contribution in [0, 0.1) is 11.6 Å². The minimum Gasteiger partial charge on any atom is -0.336 e. The Balaban J connectivity index is 1.68. The fourth-order valence-electron chi connectivity index (χ4n) is 1.87. The number of hydroxylamine groups is 1. The average Bonchev–Trinajstić information content (AvgIpc) is 2.51. The number of halogens is 2. The van der Waals surface area contributed by atoms with Crippen molar-refractivity contribution in [3.8, 4) is 0 Å². The summed E-state index contributed by atoms with van der Waals surface area (Å²) in [4.78, 5) is 16.5. The molecule has 0 aromatic heterocycles. The summed E-state index contributed by atoms with van der Waals surface area (Å²) in [7, 11) is 0. The molecule has 2 amide bonds. The van der Waals surface area contributed by atoms with Gasteiger partial charge < -0.3 is 5.32 Å². The maximum absolute atomic E-state index is 13.4. The van der Waals surface area contributed by atoms with E-state index in [4.69, 9.17) is 4.84 Å². The van der Waals surface area contributed by atoms with Gasteiger partial charge in [-0.05, 0) is 24.1 Å². The Bertz CT molecular complexity index is 601. The Morgan fingerprint density at radius 2 is 1.68 bits per heavy atom. The van der Waals surface area contributed by atoms with Crippen molar-refractivity contribution >= 4 is 6.03 Å². The molecular formula is C16H16F2N2O2. The number of urea groups is 1. The summed E-state index contributed by atoms with van der Waals surface area (Å²) in [6, 6.07) is 12.4. The summed E-state index contributed by atoms with van der Waals surface area (Å²) in [5, 5.41) is 2.46. The average molecular weight is 306 g/mol. The van der Waals surface area contributed by atoms with E-state index in [9.17, 15) is 13.6 Å². The van der Waals surface area contributed by atoms with Crippen LogP contribution in [0.15, 0.2) is 48.5 Å². The van der Waals surface area contributed by atoms with Gasteiger partial charge in [0.25, 0.3) is 0 Å². The van der Waals surface area contributed by atoms with Crippen molar-refractivity contribution in [2.24, 2.45) is 0 Å². The number of benzene rings is 2. The molecule has 0 saturated carbocycles. The van der Waals surface area contributed by atoms with Crippen molar-refractivity contribution in [2.75, 3.05) is 6.54 Å². The van der Waals surface area contributed by atoms with Crippen LogP contribution in [0.5, 0.6) is 0 Å². The van der Waals surface area contributed by atoms with E-state index < -0.39 is 17.7 Å². The number of carbonyl (C=O) groups is 1. The molecule has 0 heterocycles. The summed E-state index contributed by atoms with van der Waals surface area (Å²) in [5.74, 6) is -1.25. The first-order valence-corrected chi connectivity index (χ1v) is 6.79. The highest BCUT2D eigenvalue weighted by molar-refractivity contribution is 5.72. The Morgan fingerprint density at radius 1 is 1.00 bits per heavy atom. The van der Waals surface area contributed by atoms with E-state index >= 15 is 0 Å². The number of rotatable bonds is 6. The van der Waals surface area contributed by atoms with Gasteiger partial charge in [0.15, 0.2) is 0 Å². The smallest absolute Gasteiger partial charge is 0.336 e. The quantitative estimate of drug-likeness (QED) is 0.806. The zero-order chi connectivity index (χ0) is 15.8. The lowest BCUT2D eigenvalue weighted by Gasteiger charge is -2.09. The lowest BCUT2D eigenvalue weighted by molar-refractivity contribution is 0.0491.